The first-order chi connectivity index (χ1) is 14.7. The first kappa shape index (κ1) is 20.7. The zero-order chi connectivity index (χ0) is 20.8. The van der Waals surface area contributed by atoms with Crippen molar-refractivity contribution in [3.8, 4) is 11.4 Å². The molecule has 0 saturated heterocycles. The summed E-state index contributed by atoms with van der Waals surface area (Å²) in [6.45, 7) is 2.25. The molecule has 0 spiro atoms. The summed E-state index contributed by atoms with van der Waals surface area (Å²) >= 11 is 3.19. The van der Waals surface area contributed by atoms with Gasteiger partial charge in [-0.3, -0.25) is 4.57 Å². The molecule has 0 aliphatic heterocycles. The van der Waals surface area contributed by atoms with Gasteiger partial charge in [-0.05, 0) is 48.2 Å². The van der Waals surface area contributed by atoms with Gasteiger partial charge in [0.2, 0.25) is 0 Å². The lowest BCUT2D eigenvalue weighted by molar-refractivity contribution is 0.126. The molecular weight excluding hydrogens is 414 g/mol. The van der Waals surface area contributed by atoms with Crippen molar-refractivity contribution in [1.29, 1.82) is 0 Å². The van der Waals surface area contributed by atoms with Gasteiger partial charge in [0.15, 0.2) is 5.16 Å². The summed E-state index contributed by atoms with van der Waals surface area (Å²) in [4.78, 5) is 1.24. The lowest BCUT2D eigenvalue weighted by Gasteiger charge is -2.13. The Labute approximate surface area is 184 Å². The Balaban J connectivity index is 1.45. The zero-order valence-corrected chi connectivity index (χ0v) is 18.3. The quantitative estimate of drug-likeness (QED) is 0.383. The number of thiophene rings is 1. The largest absolute Gasteiger partial charge is 0.491 e. The summed E-state index contributed by atoms with van der Waals surface area (Å²) in [6, 6.07) is 22.1. The fourth-order valence-corrected chi connectivity index (χ4v) is 4.61. The van der Waals surface area contributed by atoms with Gasteiger partial charge in [-0.25, -0.2) is 0 Å². The molecule has 0 amide bonds. The molecule has 1 unspecified atom stereocenters. The number of aromatic nitrogens is 3. The molecule has 0 aliphatic carbocycles. The van der Waals surface area contributed by atoms with Crippen LogP contribution in [0.15, 0.2) is 77.3 Å². The van der Waals surface area contributed by atoms with Crippen LogP contribution < -0.4 is 4.74 Å². The molecule has 4 rings (SSSR count). The number of benzene rings is 2. The molecule has 5 nitrogen and oxygen atoms in total. The fourth-order valence-electron chi connectivity index (χ4n) is 3.03. The van der Waals surface area contributed by atoms with Crippen LogP contribution in [0.4, 0.5) is 0 Å². The molecule has 0 fully saturated rings. The summed E-state index contributed by atoms with van der Waals surface area (Å²) in [7, 11) is 0. The van der Waals surface area contributed by atoms with E-state index in [1.165, 1.54) is 16.6 Å². The minimum atomic E-state index is -0.614. The van der Waals surface area contributed by atoms with Gasteiger partial charge in [-0.15, -0.1) is 21.5 Å². The van der Waals surface area contributed by atoms with Crippen molar-refractivity contribution in [2.24, 2.45) is 0 Å². The van der Waals surface area contributed by atoms with Crippen molar-refractivity contribution in [3.63, 3.8) is 0 Å². The predicted molar refractivity (Wildman–Crippen MR) is 122 cm³/mol. The van der Waals surface area contributed by atoms with Gasteiger partial charge >= 0.3 is 0 Å². The van der Waals surface area contributed by atoms with Gasteiger partial charge in [-0.1, -0.05) is 48.2 Å². The second-order valence-electron chi connectivity index (χ2n) is 6.92. The number of hydrogen-bond donors (Lipinski definition) is 1. The highest BCUT2D eigenvalue weighted by Crippen LogP contribution is 2.25. The number of aryl methyl sites for hydroxylation is 1. The normalized spacial score (nSPS) is 12.1. The van der Waals surface area contributed by atoms with Crippen molar-refractivity contribution in [1.82, 2.24) is 14.8 Å². The van der Waals surface area contributed by atoms with Crippen LogP contribution in [0.3, 0.4) is 0 Å². The van der Waals surface area contributed by atoms with Crippen molar-refractivity contribution in [3.05, 3.63) is 88.4 Å². The van der Waals surface area contributed by atoms with Gasteiger partial charge in [0.25, 0.3) is 0 Å². The third-order valence-electron chi connectivity index (χ3n) is 4.46. The third-order valence-corrected chi connectivity index (χ3v) is 6.41. The van der Waals surface area contributed by atoms with Crippen LogP contribution in [0.25, 0.3) is 5.69 Å². The summed E-state index contributed by atoms with van der Waals surface area (Å²) in [5.41, 5.74) is 2.15. The minimum Gasteiger partial charge on any atom is -0.491 e. The molecule has 2 heterocycles. The molecule has 0 aliphatic rings. The average Bonchev–Trinajstić information content (AvgIpc) is 3.42. The smallest absolute Gasteiger partial charge is 0.195 e. The molecule has 0 saturated carbocycles. The first-order valence-electron chi connectivity index (χ1n) is 9.71. The summed E-state index contributed by atoms with van der Waals surface area (Å²) < 4.78 is 7.79. The number of para-hydroxylation sites is 1. The van der Waals surface area contributed by atoms with Crippen molar-refractivity contribution < 1.29 is 9.84 Å². The summed E-state index contributed by atoms with van der Waals surface area (Å²) in [5, 5.41) is 22.1. The van der Waals surface area contributed by atoms with Crippen LogP contribution in [0.1, 0.15) is 16.3 Å². The topological polar surface area (TPSA) is 60.2 Å². The molecule has 154 valence electrons. The fraction of sp³-hybridized carbons (Fsp3) is 0.217. The Morgan fingerprint density at radius 1 is 1.07 bits per heavy atom. The standard InChI is InChI=1S/C23H23N3O2S2/c1-17-7-5-10-20(13-17)28-15-19(27)16-30-23-25-24-22(14-21-11-6-12-29-21)26(23)18-8-3-2-4-9-18/h2-13,19,27H,14-16H2,1H3. The highest BCUT2D eigenvalue weighted by atomic mass is 32.2. The number of aliphatic hydroxyl groups excluding tert-OH is 1. The first-order valence-corrected chi connectivity index (χ1v) is 11.6. The Bertz CT molecular complexity index is 1070. The molecule has 1 N–H and O–H groups in total. The monoisotopic (exact) mass is 437 g/mol. The van der Waals surface area contributed by atoms with E-state index in [0.29, 0.717) is 5.75 Å². The predicted octanol–water partition coefficient (Wildman–Crippen LogP) is 4.76. The minimum absolute atomic E-state index is 0.234. The van der Waals surface area contributed by atoms with Gasteiger partial charge in [0.1, 0.15) is 18.2 Å². The zero-order valence-electron chi connectivity index (χ0n) is 16.6. The highest BCUT2D eigenvalue weighted by Gasteiger charge is 2.17. The van der Waals surface area contributed by atoms with Crippen molar-refractivity contribution >= 4 is 23.1 Å². The second kappa shape index (κ2) is 9.93. The third kappa shape index (κ3) is 5.30. The average molecular weight is 438 g/mol. The van der Waals surface area contributed by atoms with E-state index in [-0.39, 0.29) is 6.61 Å². The molecule has 2 aromatic carbocycles. The maximum Gasteiger partial charge on any atom is 0.195 e. The number of nitrogens with zero attached hydrogens (tertiary/aromatic N) is 3. The SMILES string of the molecule is Cc1cccc(OCC(O)CSc2nnc(Cc3cccs3)n2-c2ccccc2)c1. The number of thioether (sulfide) groups is 1. The molecule has 2 aromatic heterocycles. The van der Waals surface area contributed by atoms with Gasteiger partial charge in [-0.2, -0.15) is 0 Å². The molecule has 30 heavy (non-hydrogen) atoms. The van der Waals surface area contributed by atoms with Crippen LogP contribution in [-0.4, -0.2) is 38.3 Å². The van der Waals surface area contributed by atoms with Crippen LogP contribution in [0.5, 0.6) is 5.75 Å². The maximum atomic E-state index is 10.4. The van der Waals surface area contributed by atoms with Gasteiger partial charge in [0.05, 0.1) is 6.10 Å². The molecule has 0 bridgehead atoms. The maximum absolute atomic E-state index is 10.4. The molecule has 4 aromatic rings. The van der Waals surface area contributed by atoms with E-state index >= 15 is 0 Å². The molecule has 1 atom stereocenters. The van der Waals surface area contributed by atoms with E-state index in [1.54, 1.807) is 11.3 Å². The van der Waals surface area contributed by atoms with E-state index in [2.05, 4.69) is 26.2 Å². The van der Waals surface area contributed by atoms with Crippen molar-refractivity contribution in [2.45, 2.75) is 24.6 Å². The van der Waals surface area contributed by atoms with Gasteiger partial charge < -0.3 is 9.84 Å². The number of aliphatic hydroxyl groups is 1. The van der Waals surface area contributed by atoms with Crippen LogP contribution in [-0.2, 0) is 6.42 Å². The molecule has 0 radical (unpaired) electrons. The lowest BCUT2D eigenvalue weighted by atomic mass is 10.2. The second-order valence-corrected chi connectivity index (χ2v) is 8.94. The van der Waals surface area contributed by atoms with E-state index < -0.39 is 6.10 Å². The molecular formula is C23H23N3O2S2. The van der Waals surface area contributed by atoms with E-state index in [9.17, 15) is 5.11 Å². The Morgan fingerprint density at radius 3 is 2.70 bits per heavy atom. The Kier molecular flexibility index (Phi) is 6.84. The van der Waals surface area contributed by atoms with E-state index in [0.717, 1.165) is 34.4 Å². The van der Waals surface area contributed by atoms with Crippen LogP contribution >= 0.6 is 23.1 Å². The van der Waals surface area contributed by atoms with Crippen LogP contribution in [0, 0.1) is 6.92 Å². The van der Waals surface area contributed by atoms with E-state index in [1.807, 2.05) is 67.6 Å². The van der Waals surface area contributed by atoms with Crippen LogP contribution in [0.2, 0.25) is 0 Å². The van der Waals surface area contributed by atoms with E-state index in [4.69, 9.17) is 4.74 Å². The van der Waals surface area contributed by atoms with Crippen molar-refractivity contribution in [2.75, 3.05) is 12.4 Å². The van der Waals surface area contributed by atoms with Gasteiger partial charge in [0, 0.05) is 22.7 Å². The number of ether oxygens (including phenoxy) is 1. The Morgan fingerprint density at radius 2 is 1.93 bits per heavy atom. The number of rotatable bonds is 9. The Hall–Kier alpha value is -2.61. The lowest BCUT2D eigenvalue weighted by Crippen LogP contribution is -2.20. The highest BCUT2D eigenvalue weighted by molar-refractivity contribution is 7.99. The summed E-state index contributed by atoms with van der Waals surface area (Å²) in [5.74, 6) is 2.12. The molecule has 7 heteroatoms. The summed E-state index contributed by atoms with van der Waals surface area (Å²) in [6.07, 6.45) is 0.108. The number of hydrogen-bond acceptors (Lipinski definition) is 6.